The van der Waals surface area contributed by atoms with Crippen LogP contribution in [0.3, 0.4) is 0 Å². The Morgan fingerprint density at radius 1 is 1.12 bits per heavy atom. The van der Waals surface area contributed by atoms with Gasteiger partial charge in [0, 0.05) is 6.04 Å². The average molecular weight is 223 g/mol. The maximum atomic E-state index is 10.2. The molecular formula is C14H25NO. The summed E-state index contributed by atoms with van der Waals surface area (Å²) in [6.45, 7) is 8.73. The van der Waals surface area contributed by atoms with E-state index >= 15 is 0 Å². The van der Waals surface area contributed by atoms with Gasteiger partial charge in [0.15, 0.2) is 0 Å². The molecule has 0 aliphatic heterocycles. The van der Waals surface area contributed by atoms with Crippen molar-refractivity contribution in [3.05, 3.63) is 0 Å². The van der Waals surface area contributed by atoms with Crippen molar-refractivity contribution < 1.29 is 4.79 Å². The minimum atomic E-state index is 0.472. The second-order valence-electron chi connectivity index (χ2n) is 4.90. The summed E-state index contributed by atoms with van der Waals surface area (Å²) in [6, 6.07) is 0.472. The molecule has 3 saturated carbocycles. The van der Waals surface area contributed by atoms with E-state index in [-0.39, 0.29) is 0 Å². The fourth-order valence-electron chi connectivity index (χ4n) is 2.94. The third-order valence-electron chi connectivity index (χ3n) is 4.12. The highest BCUT2D eigenvalue weighted by molar-refractivity contribution is 5.46. The lowest BCUT2D eigenvalue weighted by Gasteiger charge is -2.58. The Balaban J connectivity index is 0.000000509. The Morgan fingerprint density at radius 2 is 1.56 bits per heavy atom. The highest BCUT2D eigenvalue weighted by Crippen LogP contribution is 2.58. The van der Waals surface area contributed by atoms with Crippen LogP contribution in [0, 0.1) is 30.1 Å². The summed E-state index contributed by atoms with van der Waals surface area (Å²) >= 11 is 0. The lowest BCUT2D eigenvalue weighted by atomic mass is 9.48. The van der Waals surface area contributed by atoms with E-state index in [4.69, 9.17) is 0 Å². The van der Waals surface area contributed by atoms with Gasteiger partial charge >= 0.3 is 0 Å². The fraction of sp³-hybridized carbons (Fsp3) is 0.786. The number of rotatable bonds is 2. The van der Waals surface area contributed by atoms with Crippen LogP contribution in [0.4, 0.5) is 0 Å². The van der Waals surface area contributed by atoms with Crippen molar-refractivity contribution in [2.24, 2.45) is 17.3 Å². The zero-order valence-corrected chi connectivity index (χ0v) is 11.0. The predicted octanol–water partition coefficient (Wildman–Crippen LogP) is 2.83. The molecule has 0 aromatic carbocycles. The van der Waals surface area contributed by atoms with Gasteiger partial charge in [-0.15, -0.1) is 12.8 Å². The molecule has 0 spiro atoms. The number of nitrogens with one attached hydrogen (secondary N) is 1. The first kappa shape index (κ1) is 15.0. The second-order valence-corrected chi connectivity index (χ2v) is 4.90. The molecule has 0 saturated heterocycles. The molecule has 2 bridgehead atoms. The van der Waals surface area contributed by atoms with Crippen molar-refractivity contribution in [2.45, 2.75) is 53.0 Å². The molecule has 1 N–H and O–H groups in total. The van der Waals surface area contributed by atoms with Gasteiger partial charge in [0.1, 0.15) is 0 Å². The van der Waals surface area contributed by atoms with Crippen LogP contribution in [-0.2, 0) is 4.79 Å². The van der Waals surface area contributed by atoms with Crippen molar-refractivity contribution in [1.29, 1.82) is 0 Å². The molecule has 0 aromatic heterocycles. The third-order valence-corrected chi connectivity index (χ3v) is 4.12. The van der Waals surface area contributed by atoms with Gasteiger partial charge in [-0.2, -0.15) is 0 Å². The summed E-state index contributed by atoms with van der Waals surface area (Å²) in [5.74, 6) is 1.71. The Hall–Kier alpha value is -0.970. The first-order chi connectivity index (χ1) is 7.64. The Labute approximate surface area is 100 Å². The minimum Gasteiger partial charge on any atom is -0.356 e. The van der Waals surface area contributed by atoms with Crippen LogP contribution in [0.1, 0.15) is 47.0 Å². The Kier molecular flexibility index (Phi) is 6.18. The van der Waals surface area contributed by atoms with E-state index < -0.39 is 0 Å². The molecule has 2 nitrogen and oxygen atoms in total. The topological polar surface area (TPSA) is 29.1 Å². The third kappa shape index (κ3) is 2.78. The molecule has 3 fully saturated rings. The maximum Gasteiger partial charge on any atom is 0.207 e. The predicted molar refractivity (Wildman–Crippen MR) is 68.8 cm³/mol. The first-order valence-electron chi connectivity index (χ1n) is 6.17. The molecule has 2 heteroatoms. The molecule has 3 rings (SSSR count). The van der Waals surface area contributed by atoms with Crippen LogP contribution in [0.5, 0.6) is 0 Å². The highest BCUT2D eigenvalue weighted by atomic mass is 16.1. The molecule has 92 valence electrons. The van der Waals surface area contributed by atoms with Gasteiger partial charge in [-0.25, -0.2) is 0 Å². The molecular weight excluding hydrogens is 198 g/mol. The van der Waals surface area contributed by atoms with E-state index in [1.807, 2.05) is 13.8 Å². The number of hydrogen-bond donors (Lipinski definition) is 1. The van der Waals surface area contributed by atoms with Crippen molar-refractivity contribution in [1.82, 2.24) is 5.32 Å². The van der Waals surface area contributed by atoms with Crippen LogP contribution in [0.15, 0.2) is 0 Å². The zero-order valence-electron chi connectivity index (χ0n) is 11.0. The summed E-state index contributed by atoms with van der Waals surface area (Å²) in [5, 5.41) is 2.90. The number of hydrogen-bond acceptors (Lipinski definition) is 1. The lowest BCUT2D eigenvalue weighted by molar-refractivity contribution is -0.114. The number of amides is 1. The van der Waals surface area contributed by atoms with Crippen molar-refractivity contribution >= 4 is 6.41 Å². The van der Waals surface area contributed by atoms with Crippen LogP contribution in [-0.4, -0.2) is 12.5 Å². The van der Waals surface area contributed by atoms with E-state index in [1.54, 1.807) is 0 Å². The zero-order chi connectivity index (χ0) is 12.8. The molecule has 3 aliphatic carbocycles. The van der Waals surface area contributed by atoms with E-state index in [0.29, 0.717) is 11.5 Å². The fourth-order valence-corrected chi connectivity index (χ4v) is 2.94. The molecule has 0 aromatic rings. The number of fused-ring (bicyclic) bond motifs is 2. The lowest BCUT2D eigenvalue weighted by Crippen LogP contribution is -2.54. The number of carbonyl (C=O) groups is 1. The summed E-state index contributed by atoms with van der Waals surface area (Å²) < 4.78 is 0. The second kappa shape index (κ2) is 6.58. The first-order valence-corrected chi connectivity index (χ1v) is 6.17. The molecule has 3 aliphatic rings. The van der Waals surface area contributed by atoms with Gasteiger partial charge in [-0.1, -0.05) is 27.7 Å². The van der Waals surface area contributed by atoms with E-state index in [1.165, 1.54) is 19.3 Å². The summed E-state index contributed by atoms with van der Waals surface area (Å²) in [4.78, 5) is 10.2. The maximum absolute atomic E-state index is 10.2. The quantitative estimate of drug-likeness (QED) is 0.566. The average Bonchev–Trinajstić information content (AvgIpc) is 2.35. The van der Waals surface area contributed by atoms with Crippen LogP contribution in [0.25, 0.3) is 0 Å². The number of terminal acetylenes is 1. The van der Waals surface area contributed by atoms with Gasteiger partial charge in [0.2, 0.25) is 6.41 Å². The minimum absolute atomic E-state index is 0.472. The highest BCUT2D eigenvalue weighted by Gasteiger charge is 2.52. The van der Waals surface area contributed by atoms with Crippen molar-refractivity contribution in [3.63, 3.8) is 0 Å². The molecule has 0 heterocycles. The summed E-state index contributed by atoms with van der Waals surface area (Å²) in [7, 11) is 0. The molecule has 3 atom stereocenters. The van der Waals surface area contributed by atoms with Crippen LogP contribution >= 0.6 is 0 Å². The van der Waals surface area contributed by atoms with Gasteiger partial charge < -0.3 is 5.32 Å². The number of carbonyl (C=O) groups excluding carboxylic acids is 1. The van der Waals surface area contributed by atoms with Gasteiger partial charge in [-0.3, -0.25) is 4.79 Å². The van der Waals surface area contributed by atoms with Crippen LogP contribution in [0.2, 0.25) is 0 Å². The smallest absolute Gasteiger partial charge is 0.207 e. The van der Waals surface area contributed by atoms with E-state index in [2.05, 4.69) is 32.0 Å². The van der Waals surface area contributed by atoms with Gasteiger partial charge in [0.05, 0.1) is 0 Å². The van der Waals surface area contributed by atoms with E-state index in [0.717, 1.165) is 18.2 Å². The van der Waals surface area contributed by atoms with Crippen molar-refractivity contribution in [2.75, 3.05) is 0 Å². The van der Waals surface area contributed by atoms with Crippen LogP contribution < -0.4 is 5.32 Å². The summed E-state index contributed by atoms with van der Waals surface area (Å²) in [6.07, 6.45) is 12.6. The van der Waals surface area contributed by atoms with Gasteiger partial charge in [-0.05, 0) is 36.5 Å². The molecule has 1 amide bonds. The normalized spacial score (nSPS) is 32.8. The van der Waals surface area contributed by atoms with Gasteiger partial charge in [0.25, 0.3) is 0 Å². The monoisotopic (exact) mass is 223 g/mol. The standard InChI is InChI=1S/C10H17NO.C2H6.C2H2/c1-10(2)7-3-8(10)5-9(4-7)11-6-12;2*1-2/h6-9H,3-5H2,1-2H3,(H,11,12);1-2H3;1-2H/t7-,8+,9?;;. The molecule has 0 radical (unpaired) electrons. The SMILES string of the molecule is C#C.CC.CC1(C)[C@@H]2CC(NC=O)C[C@H]1C2. The van der Waals surface area contributed by atoms with Crippen molar-refractivity contribution in [3.8, 4) is 12.8 Å². The van der Waals surface area contributed by atoms with E-state index in [9.17, 15) is 4.79 Å². The molecule has 16 heavy (non-hydrogen) atoms. The Morgan fingerprint density at radius 3 is 1.88 bits per heavy atom. The largest absolute Gasteiger partial charge is 0.356 e. The summed E-state index contributed by atoms with van der Waals surface area (Å²) in [5.41, 5.74) is 0.557. The Bertz CT molecular complexity index is 218. The molecule has 1 unspecified atom stereocenters.